The van der Waals surface area contributed by atoms with E-state index in [4.69, 9.17) is 0 Å². The van der Waals surface area contributed by atoms with E-state index in [1.54, 1.807) is 0 Å². The van der Waals surface area contributed by atoms with E-state index in [-0.39, 0.29) is 18.3 Å². The maximum absolute atomic E-state index is 12.4. The van der Waals surface area contributed by atoms with Crippen molar-refractivity contribution < 1.29 is 18.0 Å². The standard InChI is InChI=1S/C11H19N3O4S/c1-11(2)10(16)13-9(15)6-14(11)19(17,18)7-8-4-3-5-12-8/h8,12H,3-7H2,1-2H3,(H,13,15,16). The van der Waals surface area contributed by atoms with Crippen LogP contribution in [-0.4, -0.2) is 55.0 Å². The van der Waals surface area contributed by atoms with Gasteiger partial charge in [-0.1, -0.05) is 0 Å². The van der Waals surface area contributed by atoms with Crippen molar-refractivity contribution in [3.63, 3.8) is 0 Å². The molecule has 1 atom stereocenters. The first-order valence-electron chi connectivity index (χ1n) is 6.31. The van der Waals surface area contributed by atoms with Gasteiger partial charge in [-0.15, -0.1) is 0 Å². The van der Waals surface area contributed by atoms with Crippen LogP contribution in [0.25, 0.3) is 0 Å². The fraction of sp³-hybridized carbons (Fsp3) is 0.818. The van der Waals surface area contributed by atoms with Crippen molar-refractivity contribution >= 4 is 21.8 Å². The zero-order valence-corrected chi connectivity index (χ0v) is 11.9. The predicted molar refractivity (Wildman–Crippen MR) is 68.7 cm³/mol. The van der Waals surface area contributed by atoms with Gasteiger partial charge in [0.25, 0.3) is 0 Å². The first-order chi connectivity index (χ1) is 8.73. The van der Waals surface area contributed by atoms with Crippen LogP contribution in [0.2, 0.25) is 0 Å². The van der Waals surface area contributed by atoms with Crippen molar-refractivity contribution in [2.24, 2.45) is 0 Å². The number of rotatable bonds is 3. The topological polar surface area (TPSA) is 95.6 Å². The van der Waals surface area contributed by atoms with Crippen molar-refractivity contribution in [1.29, 1.82) is 0 Å². The van der Waals surface area contributed by atoms with Crippen LogP contribution in [0.3, 0.4) is 0 Å². The average molecular weight is 289 g/mol. The van der Waals surface area contributed by atoms with Crippen LogP contribution in [0.15, 0.2) is 0 Å². The Hall–Kier alpha value is -0.990. The molecule has 7 nitrogen and oxygen atoms in total. The molecule has 108 valence electrons. The lowest BCUT2D eigenvalue weighted by molar-refractivity contribution is -0.141. The van der Waals surface area contributed by atoms with E-state index in [0.29, 0.717) is 0 Å². The van der Waals surface area contributed by atoms with Gasteiger partial charge >= 0.3 is 0 Å². The Morgan fingerprint density at radius 3 is 2.63 bits per heavy atom. The lowest BCUT2D eigenvalue weighted by Gasteiger charge is -2.39. The molecule has 0 aromatic heterocycles. The summed E-state index contributed by atoms with van der Waals surface area (Å²) in [6.45, 7) is 3.53. The van der Waals surface area contributed by atoms with E-state index in [1.807, 2.05) is 0 Å². The zero-order valence-electron chi connectivity index (χ0n) is 11.1. The predicted octanol–water partition coefficient (Wildman–Crippen LogP) is -1.19. The zero-order chi connectivity index (χ0) is 14.3. The number of nitrogens with one attached hydrogen (secondary N) is 2. The first-order valence-corrected chi connectivity index (χ1v) is 7.92. The van der Waals surface area contributed by atoms with E-state index in [1.165, 1.54) is 13.8 Å². The normalized spacial score (nSPS) is 28.4. The molecule has 0 radical (unpaired) electrons. The van der Waals surface area contributed by atoms with Gasteiger partial charge in [0.05, 0.1) is 12.3 Å². The van der Waals surface area contributed by atoms with Crippen LogP contribution >= 0.6 is 0 Å². The molecule has 2 amide bonds. The van der Waals surface area contributed by atoms with Crippen LogP contribution in [0.5, 0.6) is 0 Å². The Balaban J connectivity index is 2.21. The molecule has 0 aliphatic carbocycles. The molecule has 0 spiro atoms. The SMILES string of the molecule is CC1(C)C(=O)NC(=O)CN1S(=O)(=O)CC1CCCN1. The third-order valence-corrected chi connectivity index (χ3v) is 5.71. The minimum atomic E-state index is -3.65. The number of hydrogen-bond acceptors (Lipinski definition) is 5. The van der Waals surface area contributed by atoms with Gasteiger partial charge < -0.3 is 5.32 Å². The van der Waals surface area contributed by atoms with Gasteiger partial charge in [0.1, 0.15) is 5.54 Å². The van der Waals surface area contributed by atoms with Crippen molar-refractivity contribution in [3.8, 4) is 0 Å². The van der Waals surface area contributed by atoms with Crippen molar-refractivity contribution in [3.05, 3.63) is 0 Å². The summed E-state index contributed by atoms with van der Waals surface area (Å²) in [5.41, 5.74) is -1.23. The van der Waals surface area contributed by atoms with E-state index >= 15 is 0 Å². The fourth-order valence-corrected chi connectivity index (χ4v) is 4.51. The molecule has 2 heterocycles. The third-order valence-electron chi connectivity index (χ3n) is 3.63. The minimum Gasteiger partial charge on any atom is -0.313 e. The van der Waals surface area contributed by atoms with Gasteiger partial charge in [-0.25, -0.2) is 8.42 Å². The van der Waals surface area contributed by atoms with Gasteiger partial charge in [0.2, 0.25) is 21.8 Å². The van der Waals surface area contributed by atoms with Crippen LogP contribution < -0.4 is 10.6 Å². The maximum atomic E-state index is 12.4. The number of carbonyl (C=O) groups excluding carboxylic acids is 2. The first kappa shape index (κ1) is 14.4. The van der Waals surface area contributed by atoms with Crippen LogP contribution in [-0.2, 0) is 19.6 Å². The molecule has 1 unspecified atom stereocenters. The molecule has 8 heteroatoms. The number of nitrogens with zero attached hydrogens (tertiary/aromatic N) is 1. The van der Waals surface area contributed by atoms with Crippen LogP contribution in [0.1, 0.15) is 26.7 Å². The Kier molecular flexibility index (Phi) is 3.67. The van der Waals surface area contributed by atoms with Crippen molar-refractivity contribution in [1.82, 2.24) is 14.9 Å². The summed E-state index contributed by atoms with van der Waals surface area (Å²) < 4.78 is 25.8. The second-order valence-electron chi connectivity index (χ2n) is 5.51. The highest BCUT2D eigenvalue weighted by molar-refractivity contribution is 7.89. The molecule has 2 aliphatic rings. The molecule has 2 rings (SSSR count). The molecule has 0 saturated carbocycles. The lowest BCUT2D eigenvalue weighted by Crippen LogP contribution is -2.66. The molecule has 2 fully saturated rings. The van der Waals surface area contributed by atoms with E-state index in [2.05, 4.69) is 10.6 Å². The number of carbonyl (C=O) groups is 2. The van der Waals surface area contributed by atoms with E-state index in [9.17, 15) is 18.0 Å². The molecule has 19 heavy (non-hydrogen) atoms. The summed E-state index contributed by atoms with van der Waals surface area (Å²) in [5.74, 6) is -1.23. The van der Waals surface area contributed by atoms with Gasteiger partial charge in [-0.3, -0.25) is 14.9 Å². The van der Waals surface area contributed by atoms with E-state index in [0.717, 1.165) is 23.7 Å². The summed E-state index contributed by atoms with van der Waals surface area (Å²) in [5, 5.41) is 5.28. The van der Waals surface area contributed by atoms with Crippen LogP contribution in [0.4, 0.5) is 0 Å². The Labute approximate surface area is 112 Å². The van der Waals surface area contributed by atoms with Gasteiger partial charge in [0, 0.05) is 6.04 Å². The summed E-state index contributed by atoms with van der Waals surface area (Å²) in [6, 6.07) is -0.0964. The number of amides is 2. The monoisotopic (exact) mass is 289 g/mol. The van der Waals surface area contributed by atoms with Gasteiger partial charge in [0.15, 0.2) is 0 Å². The molecule has 0 aromatic carbocycles. The van der Waals surface area contributed by atoms with Gasteiger partial charge in [-0.05, 0) is 33.2 Å². The molecule has 0 bridgehead atoms. The second-order valence-corrected chi connectivity index (χ2v) is 7.45. The Bertz CT molecular complexity index is 494. The van der Waals surface area contributed by atoms with Crippen LogP contribution in [0, 0.1) is 0 Å². The van der Waals surface area contributed by atoms with E-state index < -0.39 is 27.4 Å². The molecular weight excluding hydrogens is 270 g/mol. The smallest absolute Gasteiger partial charge is 0.247 e. The summed E-state index contributed by atoms with van der Waals surface area (Å²) in [7, 11) is -3.65. The number of hydrogen-bond donors (Lipinski definition) is 2. The number of piperazine rings is 1. The molecule has 0 aromatic rings. The fourth-order valence-electron chi connectivity index (χ4n) is 2.45. The lowest BCUT2D eigenvalue weighted by atomic mass is 10.0. The minimum absolute atomic E-state index is 0.0724. The summed E-state index contributed by atoms with van der Waals surface area (Å²) in [4.78, 5) is 23.2. The molecule has 2 aliphatic heterocycles. The summed E-state index contributed by atoms with van der Waals surface area (Å²) in [6.07, 6.45) is 1.75. The number of sulfonamides is 1. The largest absolute Gasteiger partial charge is 0.313 e. The van der Waals surface area contributed by atoms with Crippen molar-refractivity contribution in [2.45, 2.75) is 38.3 Å². The highest BCUT2D eigenvalue weighted by atomic mass is 32.2. The Morgan fingerprint density at radius 1 is 1.37 bits per heavy atom. The highest BCUT2D eigenvalue weighted by Gasteiger charge is 2.47. The third kappa shape index (κ3) is 2.80. The maximum Gasteiger partial charge on any atom is 0.247 e. The quantitative estimate of drug-likeness (QED) is 0.637. The number of imide groups is 1. The molecule has 2 saturated heterocycles. The van der Waals surface area contributed by atoms with Crippen molar-refractivity contribution in [2.75, 3.05) is 18.8 Å². The Morgan fingerprint density at radius 2 is 2.05 bits per heavy atom. The summed E-state index contributed by atoms with van der Waals surface area (Å²) >= 11 is 0. The van der Waals surface area contributed by atoms with Gasteiger partial charge in [-0.2, -0.15) is 4.31 Å². The molecule has 2 N–H and O–H groups in total. The molecular formula is C11H19N3O4S. The highest BCUT2D eigenvalue weighted by Crippen LogP contribution is 2.23. The average Bonchev–Trinajstić information content (AvgIpc) is 2.75. The second kappa shape index (κ2) is 4.84.